The largest absolute Gasteiger partial charge is 0.338 e. The molecule has 0 aliphatic carbocycles. The molecule has 0 spiro atoms. The SMILES string of the molecule is C=C(CC)c1ccc(Nc2nnc(-c3ccc(CC)cc3)c3ccccc23)cc1. The van der Waals surface area contributed by atoms with Crippen LogP contribution in [0.2, 0.25) is 0 Å². The summed E-state index contributed by atoms with van der Waals surface area (Å²) in [6.07, 6.45) is 1.98. The van der Waals surface area contributed by atoms with Crippen LogP contribution in [-0.4, -0.2) is 10.2 Å². The number of nitrogens with one attached hydrogen (secondary N) is 1. The number of aromatic nitrogens is 2. The highest BCUT2D eigenvalue weighted by molar-refractivity contribution is 6.00. The van der Waals surface area contributed by atoms with Crippen molar-refractivity contribution in [3.8, 4) is 11.3 Å². The average Bonchev–Trinajstić information content (AvgIpc) is 2.79. The molecular formula is C26H25N3. The monoisotopic (exact) mass is 379 g/mol. The van der Waals surface area contributed by atoms with E-state index in [0.717, 1.165) is 51.9 Å². The van der Waals surface area contributed by atoms with Gasteiger partial charge in [0, 0.05) is 22.0 Å². The summed E-state index contributed by atoms with van der Waals surface area (Å²) in [7, 11) is 0. The molecule has 4 rings (SSSR count). The first-order valence-corrected chi connectivity index (χ1v) is 10.1. The molecular weight excluding hydrogens is 354 g/mol. The van der Waals surface area contributed by atoms with Crippen molar-refractivity contribution in [1.82, 2.24) is 10.2 Å². The molecule has 0 unspecified atom stereocenters. The topological polar surface area (TPSA) is 37.8 Å². The third kappa shape index (κ3) is 3.90. The summed E-state index contributed by atoms with van der Waals surface area (Å²) in [5, 5.41) is 14.6. The molecule has 0 radical (unpaired) electrons. The van der Waals surface area contributed by atoms with Gasteiger partial charge in [0.25, 0.3) is 0 Å². The van der Waals surface area contributed by atoms with E-state index in [-0.39, 0.29) is 0 Å². The maximum Gasteiger partial charge on any atom is 0.161 e. The van der Waals surface area contributed by atoms with E-state index in [9.17, 15) is 0 Å². The summed E-state index contributed by atoms with van der Waals surface area (Å²) >= 11 is 0. The van der Waals surface area contributed by atoms with Gasteiger partial charge in [-0.05, 0) is 41.7 Å². The Morgan fingerprint density at radius 1 is 0.828 bits per heavy atom. The van der Waals surface area contributed by atoms with Crippen molar-refractivity contribution in [2.45, 2.75) is 26.7 Å². The molecule has 0 fully saturated rings. The molecule has 3 heteroatoms. The van der Waals surface area contributed by atoms with Crippen LogP contribution in [0, 0.1) is 0 Å². The summed E-state index contributed by atoms with van der Waals surface area (Å²) in [6, 6.07) is 25.1. The summed E-state index contributed by atoms with van der Waals surface area (Å²) in [5.74, 6) is 0.761. The first-order chi connectivity index (χ1) is 14.2. The minimum atomic E-state index is 0.761. The van der Waals surface area contributed by atoms with Gasteiger partial charge in [0.15, 0.2) is 5.82 Å². The maximum atomic E-state index is 4.56. The second-order valence-corrected chi connectivity index (χ2v) is 7.15. The Hall–Kier alpha value is -3.46. The van der Waals surface area contributed by atoms with Gasteiger partial charge < -0.3 is 5.32 Å². The minimum absolute atomic E-state index is 0.761. The van der Waals surface area contributed by atoms with E-state index < -0.39 is 0 Å². The Labute approximate surface area is 172 Å². The third-order valence-electron chi connectivity index (χ3n) is 5.31. The van der Waals surface area contributed by atoms with E-state index in [2.05, 4.69) is 96.6 Å². The zero-order chi connectivity index (χ0) is 20.2. The molecule has 0 atom stereocenters. The zero-order valence-electron chi connectivity index (χ0n) is 16.9. The van der Waals surface area contributed by atoms with Gasteiger partial charge in [-0.1, -0.05) is 81.1 Å². The molecule has 1 N–H and O–H groups in total. The van der Waals surface area contributed by atoms with Crippen LogP contribution in [0.5, 0.6) is 0 Å². The van der Waals surface area contributed by atoms with Crippen LogP contribution in [0.25, 0.3) is 27.6 Å². The first kappa shape index (κ1) is 18.9. The summed E-state index contributed by atoms with van der Waals surface area (Å²) in [5.41, 5.74) is 6.60. The molecule has 3 aromatic carbocycles. The lowest BCUT2D eigenvalue weighted by Gasteiger charge is -2.12. The van der Waals surface area contributed by atoms with Crippen LogP contribution in [0.4, 0.5) is 11.5 Å². The Kier molecular flexibility index (Phi) is 5.39. The van der Waals surface area contributed by atoms with Gasteiger partial charge in [0.1, 0.15) is 5.69 Å². The summed E-state index contributed by atoms with van der Waals surface area (Å²) in [4.78, 5) is 0. The standard InChI is InChI=1S/C26H25N3/c1-4-18(3)20-14-16-22(17-15-20)27-26-24-9-7-6-8-23(24)25(28-29-26)21-12-10-19(5-2)11-13-21/h6-17H,3-5H2,1-2H3,(H,27,29). The fraction of sp³-hybridized carbons (Fsp3) is 0.154. The number of nitrogens with zero attached hydrogens (tertiary/aromatic N) is 2. The number of aryl methyl sites for hydroxylation is 1. The number of hydrogen-bond acceptors (Lipinski definition) is 3. The summed E-state index contributed by atoms with van der Waals surface area (Å²) in [6.45, 7) is 8.39. The fourth-order valence-electron chi connectivity index (χ4n) is 3.44. The molecule has 0 saturated heterocycles. The van der Waals surface area contributed by atoms with E-state index in [1.54, 1.807) is 0 Å². The van der Waals surface area contributed by atoms with Gasteiger partial charge in [0.05, 0.1) is 0 Å². The van der Waals surface area contributed by atoms with Crippen LogP contribution in [0.15, 0.2) is 79.4 Å². The number of hydrogen-bond donors (Lipinski definition) is 1. The van der Waals surface area contributed by atoms with Gasteiger partial charge in [-0.2, -0.15) is 0 Å². The number of rotatable bonds is 6. The Bertz CT molecular complexity index is 1140. The highest BCUT2D eigenvalue weighted by Gasteiger charge is 2.11. The van der Waals surface area contributed by atoms with Gasteiger partial charge in [-0.15, -0.1) is 10.2 Å². The highest BCUT2D eigenvalue weighted by atomic mass is 15.2. The molecule has 0 aliphatic heterocycles. The molecule has 0 aliphatic rings. The molecule has 0 bridgehead atoms. The molecule has 29 heavy (non-hydrogen) atoms. The number of fused-ring (bicyclic) bond motifs is 1. The van der Waals surface area contributed by atoms with E-state index >= 15 is 0 Å². The smallest absolute Gasteiger partial charge is 0.161 e. The van der Waals surface area contributed by atoms with Crippen molar-refractivity contribution >= 4 is 27.9 Å². The Balaban J connectivity index is 1.70. The Morgan fingerprint density at radius 3 is 2.17 bits per heavy atom. The molecule has 4 aromatic rings. The van der Waals surface area contributed by atoms with Crippen LogP contribution in [0.1, 0.15) is 31.4 Å². The molecule has 0 saturated carbocycles. The predicted molar refractivity (Wildman–Crippen MR) is 123 cm³/mol. The van der Waals surface area contributed by atoms with Crippen molar-refractivity contribution in [3.05, 3.63) is 90.5 Å². The van der Waals surface area contributed by atoms with E-state index in [1.807, 2.05) is 12.1 Å². The lowest BCUT2D eigenvalue weighted by molar-refractivity contribution is 1.06. The lowest BCUT2D eigenvalue weighted by atomic mass is 10.0. The van der Waals surface area contributed by atoms with E-state index in [1.165, 1.54) is 11.1 Å². The second kappa shape index (κ2) is 8.27. The van der Waals surface area contributed by atoms with Crippen LogP contribution >= 0.6 is 0 Å². The molecule has 0 amide bonds. The number of anilines is 2. The van der Waals surface area contributed by atoms with Crippen LogP contribution < -0.4 is 5.32 Å². The van der Waals surface area contributed by atoms with Crippen molar-refractivity contribution in [1.29, 1.82) is 0 Å². The lowest BCUT2D eigenvalue weighted by Crippen LogP contribution is -1.99. The van der Waals surface area contributed by atoms with Gasteiger partial charge in [-0.3, -0.25) is 0 Å². The second-order valence-electron chi connectivity index (χ2n) is 7.15. The zero-order valence-corrected chi connectivity index (χ0v) is 16.9. The van der Waals surface area contributed by atoms with Crippen molar-refractivity contribution in [2.75, 3.05) is 5.32 Å². The van der Waals surface area contributed by atoms with E-state index in [4.69, 9.17) is 0 Å². The van der Waals surface area contributed by atoms with E-state index in [0.29, 0.717) is 0 Å². The highest BCUT2D eigenvalue weighted by Crippen LogP contribution is 2.31. The van der Waals surface area contributed by atoms with Crippen molar-refractivity contribution < 1.29 is 0 Å². The maximum absolute atomic E-state index is 4.56. The average molecular weight is 380 g/mol. The number of allylic oxidation sites excluding steroid dienone is 1. The Morgan fingerprint density at radius 2 is 1.52 bits per heavy atom. The number of benzene rings is 3. The first-order valence-electron chi connectivity index (χ1n) is 10.1. The quantitative estimate of drug-likeness (QED) is 0.391. The van der Waals surface area contributed by atoms with Crippen molar-refractivity contribution in [2.24, 2.45) is 0 Å². The van der Waals surface area contributed by atoms with Crippen LogP contribution in [-0.2, 0) is 6.42 Å². The summed E-state index contributed by atoms with van der Waals surface area (Å²) < 4.78 is 0. The third-order valence-corrected chi connectivity index (χ3v) is 5.31. The van der Waals surface area contributed by atoms with Crippen LogP contribution in [0.3, 0.4) is 0 Å². The minimum Gasteiger partial charge on any atom is -0.338 e. The van der Waals surface area contributed by atoms with Gasteiger partial charge in [0.2, 0.25) is 0 Å². The fourth-order valence-corrected chi connectivity index (χ4v) is 3.44. The molecule has 1 heterocycles. The molecule has 144 valence electrons. The van der Waals surface area contributed by atoms with Gasteiger partial charge in [-0.25, -0.2) is 0 Å². The van der Waals surface area contributed by atoms with Crippen molar-refractivity contribution in [3.63, 3.8) is 0 Å². The predicted octanol–water partition coefficient (Wildman–Crippen LogP) is 7.03. The van der Waals surface area contributed by atoms with Gasteiger partial charge >= 0.3 is 0 Å². The molecule has 1 aromatic heterocycles. The normalized spacial score (nSPS) is 10.8. The molecule has 3 nitrogen and oxygen atoms in total.